The highest BCUT2D eigenvalue weighted by Crippen LogP contribution is 2.43. The van der Waals surface area contributed by atoms with Gasteiger partial charge in [0.2, 0.25) is 0 Å². The standard InChI is InChI=1S/C27H21NO/c1-15(2)18-12-17-8-9-28-26-21(14-19(13-18)25(17)26)23-11-16(3)10-22-20-6-4-5-7-24(20)29-27(22)23/h4-15H,1-3H3. The Kier molecular flexibility index (Phi) is 3.31. The van der Waals surface area contributed by atoms with Gasteiger partial charge in [-0.1, -0.05) is 44.2 Å². The lowest BCUT2D eigenvalue weighted by atomic mass is 9.96. The van der Waals surface area contributed by atoms with Crippen LogP contribution in [0.5, 0.6) is 0 Å². The molecule has 29 heavy (non-hydrogen) atoms. The van der Waals surface area contributed by atoms with Crippen molar-refractivity contribution in [3.05, 3.63) is 88.7 Å². The first kappa shape index (κ1) is 16.6. The van der Waals surface area contributed by atoms with Gasteiger partial charge < -0.3 is 4.42 Å². The highest BCUT2D eigenvalue weighted by molar-refractivity contribution is 6.17. The van der Waals surface area contributed by atoms with Crippen LogP contribution in [-0.4, -0.2) is 4.98 Å². The Morgan fingerprint density at radius 1 is 0.931 bits per heavy atom. The molecule has 3 aromatic carbocycles. The van der Waals surface area contributed by atoms with Crippen molar-refractivity contribution in [3.63, 3.8) is 0 Å². The van der Waals surface area contributed by atoms with Gasteiger partial charge in [0, 0.05) is 33.5 Å². The molecule has 2 aromatic heterocycles. The first-order chi connectivity index (χ1) is 14.1. The molecule has 0 unspecified atom stereocenters. The molecule has 0 aliphatic heterocycles. The fourth-order valence-corrected chi connectivity index (χ4v) is 4.63. The van der Waals surface area contributed by atoms with Gasteiger partial charge in [-0.25, -0.2) is 0 Å². The summed E-state index contributed by atoms with van der Waals surface area (Å²) in [4.78, 5) is 4.79. The number of aromatic nitrogens is 1. The number of rotatable bonds is 2. The van der Waals surface area contributed by atoms with Crippen LogP contribution in [0.15, 0.2) is 65.2 Å². The SMILES string of the molecule is Cc1cc(C2=Cc3cc(C(C)C)cc4ccnc2c34)c2oc3ccccc3c2c1. The van der Waals surface area contributed by atoms with Crippen molar-refractivity contribution in [2.24, 2.45) is 0 Å². The van der Waals surface area contributed by atoms with E-state index in [9.17, 15) is 0 Å². The fourth-order valence-electron chi connectivity index (χ4n) is 4.63. The smallest absolute Gasteiger partial charge is 0.143 e. The largest absolute Gasteiger partial charge is 0.455 e. The Balaban J connectivity index is 1.68. The van der Waals surface area contributed by atoms with E-state index in [1.54, 1.807) is 0 Å². The molecule has 0 bridgehead atoms. The Bertz CT molecular complexity index is 1480. The van der Waals surface area contributed by atoms with Crippen molar-refractivity contribution < 1.29 is 4.42 Å². The number of benzene rings is 3. The molecule has 2 nitrogen and oxygen atoms in total. The van der Waals surface area contributed by atoms with Crippen LogP contribution in [0.2, 0.25) is 0 Å². The molecule has 5 aromatic rings. The second kappa shape index (κ2) is 5.81. The summed E-state index contributed by atoms with van der Waals surface area (Å²) >= 11 is 0. The normalized spacial score (nSPS) is 13.2. The maximum Gasteiger partial charge on any atom is 0.143 e. The summed E-state index contributed by atoms with van der Waals surface area (Å²) in [5, 5.41) is 4.84. The summed E-state index contributed by atoms with van der Waals surface area (Å²) in [5.41, 5.74) is 9.05. The van der Waals surface area contributed by atoms with Crippen LogP contribution >= 0.6 is 0 Å². The summed E-state index contributed by atoms with van der Waals surface area (Å²) < 4.78 is 6.34. The van der Waals surface area contributed by atoms with E-state index >= 15 is 0 Å². The van der Waals surface area contributed by atoms with Crippen LogP contribution in [0, 0.1) is 6.92 Å². The quantitative estimate of drug-likeness (QED) is 0.314. The predicted molar refractivity (Wildman–Crippen MR) is 121 cm³/mol. The lowest BCUT2D eigenvalue weighted by molar-refractivity contribution is 0.667. The Morgan fingerprint density at radius 2 is 1.79 bits per heavy atom. The molecular weight excluding hydrogens is 354 g/mol. The van der Waals surface area contributed by atoms with Gasteiger partial charge in [0.1, 0.15) is 11.2 Å². The van der Waals surface area contributed by atoms with Gasteiger partial charge in [-0.15, -0.1) is 0 Å². The molecule has 6 rings (SSSR count). The summed E-state index contributed by atoms with van der Waals surface area (Å²) in [7, 11) is 0. The summed E-state index contributed by atoms with van der Waals surface area (Å²) in [5.74, 6) is 0.491. The van der Waals surface area contributed by atoms with Crippen molar-refractivity contribution >= 4 is 44.4 Å². The molecule has 0 atom stereocenters. The molecule has 2 heteroatoms. The van der Waals surface area contributed by atoms with Crippen LogP contribution in [0.3, 0.4) is 0 Å². The number of hydrogen-bond acceptors (Lipinski definition) is 2. The molecule has 0 saturated carbocycles. The Hall–Kier alpha value is -3.39. The zero-order chi connectivity index (χ0) is 19.7. The third-order valence-electron chi connectivity index (χ3n) is 6.05. The van der Waals surface area contributed by atoms with E-state index < -0.39 is 0 Å². The fraction of sp³-hybridized carbons (Fsp3) is 0.148. The molecule has 0 saturated heterocycles. The van der Waals surface area contributed by atoms with Crippen molar-refractivity contribution in [3.8, 4) is 0 Å². The zero-order valence-corrected chi connectivity index (χ0v) is 16.8. The van der Waals surface area contributed by atoms with Gasteiger partial charge in [-0.3, -0.25) is 4.98 Å². The van der Waals surface area contributed by atoms with Crippen LogP contribution in [-0.2, 0) is 0 Å². The zero-order valence-electron chi connectivity index (χ0n) is 16.8. The molecule has 0 spiro atoms. The van der Waals surface area contributed by atoms with Gasteiger partial charge in [0.25, 0.3) is 0 Å². The van der Waals surface area contributed by atoms with Crippen molar-refractivity contribution in [1.29, 1.82) is 0 Å². The summed E-state index contributed by atoms with van der Waals surface area (Å²) in [6.45, 7) is 6.64. The Morgan fingerprint density at radius 3 is 2.66 bits per heavy atom. The van der Waals surface area contributed by atoms with Crippen LogP contribution < -0.4 is 0 Å². The molecular formula is C27H21NO. The number of aryl methyl sites for hydroxylation is 1. The molecule has 0 radical (unpaired) electrons. The lowest BCUT2D eigenvalue weighted by Crippen LogP contribution is -1.92. The molecule has 0 amide bonds. The number of para-hydroxylation sites is 1. The topological polar surface area (TPSA) is 26.0 Å². The minimum absolute atomic E-state index is 0.491. The molecule has 0 fully saturated rings. The van der Waals surface area contributed by atoms with Gasteiger partial charge >= 0.3 is 0 Å². The van der Waals surface area contributed by atoms with E-state index in [-0.39, 0.29) is 0 Å². The second-order valence-corrected chi connectivity index (χ2v) is 8.37. The van der Waals surface area contributed by atoms with Crippen LogP contribution in [0.25, 0.3) is 44.4 Å². The molecule has 0 N–H and O–H groups in total. The molecule has 1 aliphatic rings. The van der Waals surface area contributed by atoms with E-state index in [2.05, 4.69) is 69.3 Å². The number of fused-ring (bicyclic) bond motifs is 3. The van der Waals surface area contributed by atoms with E-state index in [1.165, 1.54) is 32.8 Å². The lowest BCUT2D eigenvalue weighted by Gasteiger charge is -2.10. The number of hydrogen-bond donors (Lipinski definition) is 0. The van der Waals surface area contributed by atoms with Gasteiger partial charge in [0.05, 0.1) is 5.69 Å². The monoisotopic (exact) mass is 375 g/mol. The van der Waals surface area contributed by atoms with E-state index in [0.29, 0.717) is 5.92 Å². The predicted octanol–water partition coefficient (Wildman–Crippen LogP) is 7.47. The average molecular weight is 375 g/mol. The van der Waals surface area contributed by atoms with Crippen molar-refractivity contribution in [1.82, 2.24) is 4.98 Å². The van der Waals surface area contributed by atoms with E-state index in [1.807, 2.05) is 18.3 Å². The minimum Gasteiger partial charge on any atom is -0.455 e. The molecule has 140 valence electrons. The van der Waals surface area contributed by atoms with Crippen LogP contribution in [0.1, 0.15) is 47.7 Å². The third-order valence-corrected chi connectivity index (χ3v) is 6.05. The maximum absolute atomic E-state index is 6.34. The molecule has 2 heterocycles. The highest BCUT2D eigenvalue weighted by atomic mass is 16.3. The van der Waals surface area contributed by atoms with Gasteiger partial charge in [-0.2, -0.15) is 0 Å². The third kappa shape index (κ3) is 2.32. The highest BCUT2D eigenvalue weighted by Gasteiger charge is 2.24. The van der Waals surface area contributed by atoms with Crippen LogP contribution in [0.4, 0.5) is 0 Å². The number of nitrogens with zero attached hydrogens (tertiary/aromatic N) is 1. The summed E-state index contributed by atoms with van der Waals surface area (Å²) in [6, 6.07) is 19.5. The summed E-state index contributed by atoms with van der Waals surface area (Å²) in [6.07, 6.45) is 4.22. The van der Waals surface area contributed by atoms with Crippen molar-refractivity contribution in [2.75, 3.05) is 0 Å². The second-order valence-electron chi connectivity index (χ2n) is 8.37. The maximum atomic E-state index is 6.34. The Labute approximate surface area is 169 Å². The minimum atomic E-state index is 0.491. The number of pyridine rings is 1. The van der Waals surface area contributed by atoms with Gasteiger partial charge in [-0.05, 0) is 65.3 Å². The average Bonchev–Trinajstić information content (AvgIpc) is 3.27. The first-order valence-corrected chi connectivity index (χ1v) is 10.2. The number of furan rings is 1. The van der Waals surface area contributed by atoms with E-state index in [4.69, 9.17) is 9.40 Å². The molecule has 1 aliphatic carbocycles. The van der Waals surface area contributed by atoms with Crippen molar-refractivity contribution in [2.45, 2.75) is 26.7 Å². The van der Waals surface area contributed by atoms with E-state index in [0.717, 1.165) is 33.4 Å². The first-order valence-electron chi connectivity index (χ1n) is 10.2. The van der Waals surface area contributed by atoms with Gasteiger partial charge in [0.15, 0.2) is 0 Å².